The Bertz CT molecular complexity index is 630. The number of aromatic nitrogens is 1. The maximum absolute atomic E-state index is 12.2. The summed E-state index contributed by atoms with van der Waals surface area (Å²) in [5, 5.41) is 2.44. The van der Waals surface area contributed by atoms with E-state index in [1.807, 2.05) is 41.0 Å². The van der Waals surface area contributed by atoms with Crippen molar-refractivity contribution >= 4 is 16.8 Å². The quantitative estimate of drug-likeness (QED) is 0.758. The largest absolute Gasteiger partial charge is 0.328 e. The lowest BCUT2D eigenvalue weighted by Crippen LogP contribution is -2.41. The molecule has 92 valence electrons. The molecule has 18 heavy (non-hydrogen) atoms. The summed E-state index contributed by atoms with van der Waals surface area (Å²) in [6, 6.07) is 9.91. The van der Waals surface area contributed by atoms with E-state index >= 15 is 0 Å². The first kappa shape index (κ1) is 11.0. The van der Waals surface area contributed by atoms with Crippen molar-refractivity contribution in [2.24, 2.45) is 0 Å². The average molecular weight is 242 g/mol. The van der Waals surface area contributed by atoms with Gasteiger partial charge < -0.3 is 4.57 Å². The molecule has 0 N–H and O–H groups in total. The maximum Gasteiger partial charge on any atom is 0.294 e. The molecule has 0 fully saturated rings. The Hall–Kier alpha value is -2.07. The van der Waals surface area contributed by atoms with Crippen LogP contribution in [0.5, 0.6) is 0 Å². The van der Waals surface area contributed by atoms with Gasteiger partial charge in [-0.3, -0.25) is 9.63 Å². The maximum atomic E-state index is 12.2. The Morgan fingerprint density at radius 3 is 2.94 bits per heavy atom. The molecule has 4 nitrogen and oxygen atoms in total. The van der Waals surface area contributed by atoms with E-state index in [4.69, 9.17) is 4.84 Å². The van der Waals surface area contributed by atoms with Gasteiger partial charge in [0.1, 0.15) is 5.69 Å². The van der Waals surface area contributed by atoms with Gasteiger partial charge in [0.05, 0.1) is 19.7 Å². The Labute approximate surface area is 105 Å². The van der Waals surface area contributed by atoms with Crippen LogP contribution in [0.4, 0.5) is 0 Å². The molecule has 1 aromatic carbocycles. The second-order valence-electron chi connectivity index (χ2n) is 4.31. The van der Waals surface area contributed by atoms with Crippen molar-refractivity contribution in [3.8, 4) is 0 Å². The minimum atomic E-state index is -0.105. The number of para-hydroxylation sites is 1. The summed E-state index contributed by atoms with van der Waals surface area (Å²) >= 11 is 0. The van der Waals surface area contributed by atoms with Gasteiger partial charge in [-0.15, -0.1) is 6.58 Å². The molecule has 0 aliphatic carbocycles. The number of hydrogen-bond donors (Lipinski definition) is 0. The van der Waals surface area contributed by atoms with E-state index in [0.29, 0.717) is 12.2 Å². The number of rotatable bonds is 2. The highest BCUT2D eigenvalue weighted by Gasteiger charge is 2.31. The summed E-state index contributed by atoms with van der Waals surface area (Å²) < 4.78 is 2.03. The molecule has 4 heteroatoms. The lowest BCUT2D eigenvalue weighted by Gasteiger charge is -2.31. The molecule has 0 radical (unpaired) electrons. The fourth-order valence-corrected chi connectivity index (χ4v) is 2.50. The minimum absolute atomic E-state index is 0.0394. The Balaban J connectivity index is 2.28. The molecule has 1 atom stereocenters. The van der Waals surface area contributed by atoms with Crippen LogP contribution in [-0.4, -0.2) is 29.2 Å². The summed E-state index contributed by atoms with van der Waals surface area (Å²) in [5.41, 5.74) is 1.70. The number of hydrogen-bond acceptors (Lipinski definition) is 2. The van der Waals surface area contributed by atoms with Crippen LogP contribution in [0.3, 0.4) is 0 Å². The first-order valence-electron chi connectivity index (χ1n) is 5.84. The molecule has 0 bridgehead atoms. The highest BCUT2D eigenvalue weighted by Crippen LogP contribution is 2.30. The molecule has 0 saturated carbocycles. The molecular weight excluding hydrogens is 228 g/mol. The second-order valence-corrected chi connectivity index (χ2v) is 4.31. The summed E-state index contributed by atoms with van der Waals surface area (Å²) in [5.74, 6) is -0.105. The molecule has 1 unspecified atom stereocenters. The number of nitrogens with zero attached hydrogens (tertiary/aromatic N) is 2. The predicted octanol–water partition coefficient (Wildman–Crippen LogP) is 2.39. The Kier molecular flexibility index (Phi) is 2.45. The van der Waals surface area contributed by atoms with Crippen LogP contribution in [-0.2, 0) is 4.84 Å². The van der Waals surface area contributed by atoms with Crippen molar-refractivity contribution in [2.45, 2.75) is 6.04 Å². The number of carbonyl (C=O) groups is 1. The number of carbonyl (C=O) groups excluding carboxylic acids is 1. The van der Waals surface area contributed by atoms with Crippen LogP contribution in [0, 0.1) is 0 Å². The minimum Gasteiger partial charge on any atom is -0.328 e. The lowest BCUT2D eigenvalue weighted by atomic mass is 10.2. The Morgan fingerprint density at radius 2 is 2.22 bits per heavy atom. The van der Waals surface area contributed by atoms with Crippen molar-refractivity contribution < 1.29 is 9.63 Å². The number of hydroxylamine groups is 2. The molecular formula is C14H14N2O2. The third-order valence-corrected chi connectivity index (χ3v) is 3.37. The van der Waals surface area contributed by atoms with Crippen LogP contribution in [0.25, 0.3) is 10.9 Å². The number of benzene rings is 1. The summed E-state index contributed by atoms with van der Waals surface area (Å²) in [6.45, 7) is 4.34. The lowest BCUT2D eigenvalue weighted by molar-refractivity contribution is -0.105. The zero-order valence-corrected chi connectivity index (χ0v) is 10.2. The molecule has 1 aliphatic heterocycles. The van der Waals surface area contributed by atoms with Gasteiger partial charge in [0.25, 0.3) is 5.91 Å². The van der Waals surface area contributed by atoms with Crippen LogP contribution in [0.15, 0.2) is 43.0 Å². The number of fused-ring (bicyclic) bond motifs is 3. The van der Waals surface area contributed by atoms with Gasteiger partial charge in [0.2, 0.25) is 0 Å². The predicted molar refractivity (Wildman–Crippen MR) is 69.2 cm³/mol. The van der Waals surface area contributed by atoms with Gasteiger partial charge in [0, 0.05) is 10.9 Å². The fraction of sp³-hybridized carbons (Fsp3) is 0.214. The summed E-state index contributed by atoms with van der Waals surface area (Å²) in [6.07, 6.45) is 1.84. The third kappa shape index (κ3) is 1.39. The zero-order valence-electron chi connectivity index (χ0n) is 10.2. The van der Waals surface area contributed by atoms with Crippen LogP contribution in [0.1, 0.15) is 16.5 Å². The second kappa shape index (κ2) is 3.99. The Morgan fingerprint density at radius 1 is 1.44 bits per heavy atom. The van der Waals surface area contributed by atoms with E-state index in [1.54, 1.807) is 0 Å². The van der Waals surface area contributed by atoms with E-state index in [1.165, 1.54) is 12.2 Å². The fourth-order valence-electron chi connectivity index (χ4n) is 2.50. The topological polar surface area (TPSA) is 34.5 Å². The molecule has 1 amide bonds. The van der Waals surface area contributed by atoms with Gasteiger partial charge in [-0.1, -0.05) is 24.3 Å². The summed E-state index contributed by atoms with van der Waals surface area (Å²) in [4.78, 5) is 17.3. The average Bonchev–Trinajstić information content (AvgIpc) is 2.80. The number of amides is 1. The normalized spacial score (nSPS) is 19.1. The standard InChI is InChI=1S/C14H14N2O2/c1-3-11-9-15(18-2)14(17)13-8-10-6-4-5-7-12(10)16(11)13/h3-8,11H,1,9H2,2H3. The zero-order chi connectivity index (χ0) is 12.7. The van der Waals surface area contributed by atoms with Crippen molar-refractivity contribution in [2.75, 3.05) is 13.7 Å². The molecule has 2 heterocycles. The smallest absolute Gasteiger partial charge is 0.294 e. The van der Waals surface area contributed by atoms with E-state index in [9.17, 15) is 4.79 Å². The van der Waals surface area contributed by atoms with Gasteiger partial charge in [0.15, 0.2) is 0 Å². The summed E-state index contributed by atoms with van der Waals surface area (Å²) in [7, 11) is 1.51. The van der Waals surface area contributed by atoms with E-state index < -0.39 is 0 Å². The van der Waals surface area contributed by atoms with Crippen LogP contribution < -0.4 is 0 Å². The SMILES string of the molecule is C=CC1CN(OC)C(=O)c2cc3ccccc3n21. The van der Waals surface area contributed by atoms with Crippen molar-refractivity contribution in [1.29, 1.82) is 0 Å². The third-order valence-electron chi connectivity index (χ3n) is 3.37. The van der Waals surface area contributed by atoms with E-state index in [2.05, 4.69) is 6.58 Å². The first-order valence-corrected chi connectivity index (χ1v) is 5.84. The van der Waals surface area contributed by atoms with Gasteiger partial charge >= 0.3 is 0 Å². The highest BCUT2D eigenvalue weighted by atomic mass is 16.7. The molecule has 0 saturated heterocycles. The van der Waals surface area contributed by atoms with Crippen molar-refractivity contribution in [3.05, 3.63) is 48.7 Å². The molecule has 1 aliphatic rings. The van der Waals surface area contributed by atoms with Gasteiger partial charge in [-0.2, -0.15) is 0 Å². The molecule has 3 rings (SSSR count). The van der Waals surface area contributed by atoms with Crippen molar-refractivity contribution in [3.63, 3.8) is 0 Å². The van der Waals surface area contributed by atoms with E-state index in [0.717, 1.165) is 10.9 Å². The first-order chi connectivity index (χ1) is 8.76. The van der Waals surface area contributed by atoms with Crippen LogP contribution in [0.2, 0.25) is 0 Å². The van der Waals surface area contributed by atoms with E-state index in [-0.39, 0.29) is 11.9 Å². The van der Waals surface area contributed by atoms with Gasteiger partial charge in [-0.05, 0) is 12.1 Å². The highest BCUT2D eigenvalue weighted by molar-refractivity contribution is 5.99. The molecule has 2 aromatic rings. The van der Waals surface area contributed by atoms with Crippen LogP contribution >= 0.6 is 0 Å². The van der Waals surface area contributed by atoms with Crippen molar-refractivity contribution in [1.82, 2.24) is 9.63 Å². The molecule has 0 spiro atoms. The van der Waals surface area contributed by atoms with Gasteiger partial charge in [-0.25, -0.2) is 5.06 Å². The molecule has 1 aromatic heterocycles. The monoisotopic (exact) mass is 242 g/mol.